The maximum atomic E-state index is 12.8. The summed E-state index contributed by atoms with van der Waals surface area (Å²) in [6, 6.07) is 19.6. The smallest absolute Gasteiger partial charge is 0.167 e. The van der Waals surface area contributed by atoms with Crippen LogP contribution in [0.15, 0.2) is 60.7 Å². The summed E-state index contributed by atoms with van der Waals surface area (Å²) in [7, 11) is 0. The molecule has 0 N–H and O–H groups in total. The lowest BCUT2D eigenvalue weighted by Crippen LogP contribution is -2.38. The molecule has 0 amide bonds. The first kappa shape index (κ1) is 17.2. The molecule has 1 fully saturated rings. The van der Waals surface area contributed by atoms with Crippen molar-refractivity contribution in [2.45, 2.75) is 19.4 Å². The first-order chi connectivity index (χ1) is 12.7. The predicted octanol–water partition coefficient (Wildman–Crippen LogP) is 4.98. The molecule has 4 heteroatoms. The number of benzene rings is 2. The molecule has 0 radical (unpaired) electrons. The first-order valence-corrected chi connectivity index (χ1v) is 9.44. The van der Waals surface area contributed by atoms with Gasteiger partial charge in [-0.3, -0.25) is 14.7 Å². The van der Waals surface area contributed by atoms with Gasteiger partial charge in [-0.1, -0.05) is 35.9 Å². The molecule has 0 bridgehead atoms. The molecule has 1 aliphatic heterocycles. The molecule has 1 aromatic heterocycles. The van der Waals surface area contributed by atoms with Gasteiger partial charge in [-0.2, -0.15) is 0 Å². The highest BCUT2D eigenvalue weighted by Gasteiger charge is 2.26. The summed E-state index contributed by atoms with van der Waals surface area (Å²) in [5, 5.41) is 1.82. The standard InChI is InChI=1S/C22H21ClN2O/c23-19-10-7-17(8-11-19)22(26)18-5-3-13-25(14-18)15-20-12-9-16-4-1-2-6-21(16)24-20/h1-2,4,6-12,18H,3,5,13-15H2. The van der Waals surface area contributed by atoms with Gasteiger partial charge in [-0.05, 0) is 55.8 Å². The Balaban J connectivity index is 1.45. The lowest BCUT2D eigenvalue weighted by Gasteiger charge is -2.31. The van der Waals surface area contributed by atoms with Crippen molar-refractivity contribution in [3.05, 3.63) is 76.9 Å². The van der Waals surface area contributed by atoms with E-state index in [1.165, 1.54) is 0 Å². The highest BCUT2D eigenvalue weighted by Crippen LogP contribution is 2.23. The third-order valence-corrected chi connectivity index (χ3v) is 5.30. The molecule has 1 atom stereocenters. The van der Waals surface area contributed by atoms with E-state index in [-0.39, 0.29) is 11.7 Å². The maximum Gasteiger partial charge on any atom is 0.167 e. The summed E-state index contributed by atoms with van der Waals surface area (Å²) in [6.45, 7) is 2.59. The van der Waals surface area contributed by atoms with E-state index in [1.54, 1.807) is 12.1 Å². The third kappa shape index (κ3) is 3.79. The fourth-order valence-corrected chi connectivity index (χ4v) is 3.81. The van der Waals surface area contributed by atoms with E-state index in [0.717, 1.165) is 54.6 Å². The summed E-state index contributed by atoms with van der Waals surface area (Å²) in [5.41, 5.74) is 2.84. The molecule has 0 aliphatic carbocycles. The molecule has 1 saturated heterocycles. The molecule has 3 nitrogen and oxygen atoms in total. The van der Waals surface area contributed by atoms with Crippen molar-refractivity contribution in [1.82, 2.24) is 9.88 Å². The zero-order valence-electron chi connectivity index (χ0n) is 14.6. The van der Waals surface area contributed by atoms with E-state index in [0.29, 0.717) is 5.02 Å². The van der Waals surface area contributed by atoms with Crippen molar-refractivity contribution in [2.75, 3.05) is 13.1 Å². The van der Waals surface area contributed by atoms with Crippen molar-refractivity contribution in [3.8, 4) is 0 Å². The van der Waals surface area contributed by atoms with Gasteiger partial charge in [0.1, 0.15) is 0 Å². The number of likely N-dealkylation sites (tertiary alicyclic amines) is 1. The number of halogens is 1. The van der Waals surface area contributed by atoms with Crippen LogP contribution < -0.4 is 0 Å². The number of aromatic nitrogens is 1. The first-order valence-electron chi connectivity index (χ1n) is 9.06. The third-order valence-electron chi connectivity index (χ3n) is 5.05. The minimum atomic E-state index is 0.0466. The average Bonchev–Trinajstić information content (AvgIpc) is 2.68. The summed E-state index contributed by atoms with van der Waals surface area (Å²) >= 11 is 5.93. The van der Waals surface area contributed by atoms with Crippen LogP contribution in [0.2, 0.25) is 5.02 Å². The van der Waals surface area contributed by atoms with Crippen molar-refractivity contribution in [3.63, 3.8) is 0 Å². The monoisotopic (exact) mass is 364 g/mol. The Morgan fingerprint density at radius 1 is 1.08 bits per heavy atom. The molecule has 4 rings (SSSR count). The minimum absolute atomic E-state index is 0.0466. The summed E-state index contributed by atoms with van der Waals surface area (Å²) in [6.07, 6.45) is 1.99. The van der Waals surface area contributed by atoms with Crippen molar-refractivity contribution in [2.24, 2.45) is 5.92 Å². The second-order valence-electron chi connectivity index (χ2n) is 6.94. The molecule has 2 heterocycles. The number of piperidine rings is 1. The highest BCUT2D eigenvalue weighted by atomic mass is 35.5. The van der Waals surface area contributed by atoms with E-state index in [1.807, 2.05) is 30.3 Å². The number of carbonyl (C=O) groups is 1. The topological polar surface area (TPSA) is 33.2 Å². The number of rotatable bonds is 4. The van der Waals surface area contributed by atoms with Gasteiger partial charge in [0.25, 0.3) is 0 Å². The number of para-hydroxylation sites is 1. The largest absolute Gasteiger partial charge is 0.297 e. The molecule has 1 unspecified atom stereocenters. The fourth-order valence-electron chi connectivity index (χ4n) is 3.69. The Morgan fingerprint density at radius 2 is 1.88 bits per heavy atom. The Bertz CT molecular complexity index is 923. The van der Waals surface area contributed by atoms with Gasteiger partial charge in [0.05, 0.1) is 11.2 Å². The van der Waals surface area contributed by atoms with Gasteiger partial charge in [0, 0.05) is 35.0 Å². The average molecular weight is 365 g/mol. The van der Waals surface area contributed by atoms with Crippen LogP contribution in [0.4, 0.5) is 0 Å². The molecule has 132 valence electrons. The van der Waals surface area contributed by atoms with Crippen LogP contribution in [0, 0.1) is 5.92 Å². The van der Waals surface area contributed by atoms with Crippen LogP contribution in [-0.2, 0) is 6.54 Å². The van der Waals surface area contributed by atoms with E-state index < -0.39 is 0 Å². The number of nitrogens with zero attached hydrogens (tertiary/aromatic N) is 2. The summed E-state index contributed by atoms with van der Waals surface area (Å²) in [4.78, 5) is 19.9. The van der Waals surface area contributed by atoms with Gasteiger partial charge in [0.2, 0.25) is 0 Å². The van der Waals surface area contributed by atoms with Crippen LogP contribution in [0.1, 0.15) is 28.9 Å². The van der Waals surface area contributed by atoms with Crippen LogP contribution in [0.5, 0.6) is 0 Å². The van der Waals surface area contributed by atoms with Crippen LogP contribution in [0.25, 0.3) is 10.9 Å². The Kier molecular flexibility index (Phi) is 5.00. The Morgan fingerprint density at radius 3 is 2.73 bits per heavy atom. The highest BCUT2D eigenvalue weighted by molar-refractivity contribution is 6.30. The van der Waals surface area contributed by atoms with Crippen LogP contribution in [0.3, 0.4) is 0 Å². The van der Waals surface area contributed by atoms with Gasteiger partial charge in [-0.15, -0.1) is 0 Å². The second kappa shape index (κ2) is 7.56. The normalized spacial score (nSPS) is 18.1. The summed E-state index contributed by atoms with van der Waals surface area (Å²) < 4.78 is 0. The van der Waals surface area contributed by atoms with E-state index in [2.05, 4.69) is 23.1 Å². The number of Topliss-reactive ketones (excluding diaryl/α,β-unsaturated/α-hetero) is 1. The predicted molar refractivity (Wildman–Crippen MR) is 106 cm³/mol. The number of hydrogen-bond acceptors (Lipinski definition) is 3. The maximum absolute atomic E-state index is 12.8. The van der Waals surface area contributed by atoms with Crippen LogP contribution in [-0.4, -0.2) is 28.8 Å². The fraction of sp³-hybridized carbons (Fsp3) is 0.273. The van der Waals surface area contributed by atoms with Gasteiger partial charge >= 0.3 is 0 Å². The number of carbonyl (C=O) groups excluding carboxylic acids is 1. The van der Waals surface area contributed by atoms with E-state index in [9.17, 15) is 4.79 Å². The number of fused-ring (bicyclic) bond motifs is 1. The number of ketones is 1. The lowest BCUT2D eigenvalue weighted by atomic mass is 9.90. The second-order valence-corrected chi connectivity index (χ2v) is 7.38. The Hall–Kier alpha value is -2.23. The lowest BCUT2D eigenvalue weighted by molar-refractivity contribution is 0.0810. The molecule has 0 spiro atoms. The number of pyridine rings is 1. The van der Waals surface area contributed by atoms with Crippen molar-refractivity contribution < 1.29 is 4.79 Å². The zero-order chi connectivity index (χ0) is 17.9. The summed E-state index contributed by atoms with van der Waals surface area (Å²) in [5.74, 6) is 0.267. The molecular weight excluding hydrogens is 344 g/mol. The molecule has 2 aromatic carbocycles. The van der Waals surface area contributed by atoms with Crippen molar-refractivity contribution >= 4 is 28.3 Å². The van der Waals surface area contributed by atoms with Crippen molar-refractivity contribution in [1.29, 1.82) is 0 Å². The molecule has 3 aromatic rings. The van der Waals surface area contributed by atoms with Crippen LogP contribution >= 0.6 is 11.6 Å². The van der Waals surface area contributed by atoms with Gasteiger partial charge in [0.15, 0.2) is 5.78 Å². The zero-order valence-corrected chi connectivity index (χ0v) is 15.3. The molecule has 26 heavy (non-hydrogen) atoms. The SMILES string of the molecule is O=C(c1ccc(Cl)cc1)C1CCCN(Cc2ccc3ccccc3n2)C1. The number of hydrogen-bond donors (Lipinski definition) is 0. The molecular formula is C22H21ClN2O. The Labute approximate surface area is 158 Å². The van der Waals surface area contributed by atoms with Gasteiger partial charge in [-0.25, -0.2) is 0 Å². The molecule has 1 aliphatic rings. The quantitative estimate of drug-likeness (QED) is 0.612. The van der Waals surface area contributed by atoms with E-state index in [4.69, 9.17) is 16.6 Å². The minimum Gasteiger partial charge on any atom is -0.297 e. The van der Waals surface area contributed by atoms with E-state index >= 15 is 0 Å². The van der Waals surface area contributed by atoms with Gasteiger partial charge < -0.3 is 0 Å². The molecule has 0 saturated carbocycles.